The third-order valence-electron chi connectivity index (χ3n) is 1.90. The zero-order valence-electron chi connectivity index (χ0n) is 7.31. The molecule has 0 aliphatic heterocycles. The summed E-state index contributed by atoms with van der Waals surface area (Å²) in [7, 11) is 0. The van der Waals surface area contributed by atoms with Crippen molar-refractivity contribution in [1.82, 2.24) is 0 Å². The highest BCUT2D eigenvalue weighted by atomic mass is 19.4. The lowest BCUT2D eigenvalue weighted by molar-refractivity contribution is -0.137. The second-order valence-corrected chi connectivity index (χ2v) is 2.85. The largest absolute Gasteiger partial charge is 0.416 e. The van der Waals surface area contributed by atoms with Crippen LogP contribution in [0.5, 0.6) is 0 Å². The average Bonchev–Trinajstić information content (AvgIpc) is 2.07. The van der Waals surface area contributed by atoms with Crippen molar-refractivity contribution in [2.24, 2.45) is 0 Å². The molecule has 2 nitrogen and oxygen atoms in total. The summed E-state index contributed by atoms with van der Waals surface area (Å²) in [4.78, 5) is 0. The predicted molar refractivity (Wildman–Crippen MR) is 45.3 cm³/mol. The highest BCUT2D eigenvalue weighted by Gasteiger charge is 2.31. The topological polar surface area (TPSA) is 49.8 Å². The van der Waals surface area contributed by atoms with Gasteiger partial charge in [0.25, 0.3) is 0 Å². The first-order chi connectivity index (χ1) is 6.36. The molecule has 74 valence electrons. The number of nitrogens with two attached hydrogens (primary N) is 1. The standard InChI is InChI=1S/C9H7F3N2/c1-5-6(4-13)2-7(3-8(5)14)9(10,11)12/h2-3H,14H2,1H3. The monoisotopic (exact) mass is 200 g/mol. The molecule has 0 bridgehead atoms. The van der Waals surface area contributed by atoms with Crippen molar-refractivity contribution in [3.63, 3.8) is 0 Å². The van der Waals surface area contributed by atoms with Gasteiger partial charge in [-0.25, -0.2) is 0 Å². The van der Waals surface area contributed by atoms with Gasteiger partial charge in [-0.15, -0.1) is 0 Å². The van der Waals surface area contributed by atoms with Crippen molar-refractivity contribution in [2.45, 2.75) is 13.1 Å². The first-order valence-electron chi connectivity index (χ1n) is 3.73. The summed E-state index contributed by atoms with van der Waals surface area (Å²) in [6.45, 7) is 1.51. The molecule has 0 aromatic heterocycles. The number of hydrogen-bond acceptors (Lipinski definition) is 2. The molecule has 2 N–H and O–H groups in total. The Bertz CT molecular complexity index is 402. The van der Waals surface area contributed by atoms with Gasteiger partial charge in [0.15, 0.2) is 0 Å². The average molecular weight is 200 g/mol. The van der Waals surface area contributed by atoms with Crippen LogP contribution in [0.15, 0.2) is 12.1 Å². The van der Waals surface area contributed by atoms with Crippen LogP contribution in [-0.4, -0.2) is 0 Å². The number of rotatable bonds is 0. The summed E-state index contributed by atoms with van der Waals surface area (Å²) in [5.41, 5.74) is 4.77. The Labute approximate surface area is 78.8 Å². The van der Waals surface area contributed by atoms with E-state index in [1.165, 1.54) is 6.92 Å². The number of benzene rings is 1. The molecule has 1 rings (SSSR count). The molecule has 14 heavy (non-hydrogen) atoms. The first-order valence-corrected chi connectivity index (χ1v) is 3.73. The van der Waals surface area contributed by atoms with Crippen molar-refractivity contribution < 1.29 is 13.2 Å². The molecule has 0 amide bonds. The van der Waals surface area contributed by atoms with Crippen molar-refractivity contribution >= 4 is 5.69 Å². The Hall–Kier alpha value is -1.70. The lowest BCUT2D eigenvalue weighted by atomic mass is 10.0. The van der Waals surface area contributed by atoms with E-state index in [0.717, 1.165) is 12.1 Å². The van der Waals surface area contributed by atoms with Gasteiger partial charge in [0.05, 0.1) is 17.2 Å². The molecule has 0 saturated heterocycles. The molecule has 1 aromatic carbocycles. The SMILES string of the molecule is Cc1c(N)cc(C(F)(F)F)cc1C#N. The lowest BCUT2D eigenvalue weighted by Crippen LogP contribution is -2.07. The fourth-order valence-corrected chi connectivity index (χ4v) is 1.02. The van der Waals surface area contributed by atoms with Crippen LogP contribution < -0.4 is 5.73 Å². The van der Waals surface area contributed by atoms with E-state index in [2.05, 4.69) is 0 Å². The molecule has 0 fully saturated rings. The molecule has 0 radical (unpaired) electrons. The Kier molecular flexibility index (Phi) is 2.39. The number of anilines is 1. The van der Waals surface area contributed by atoms with Gasteiger partial charge in [-0.3, -0.25) is 0 Å². The van der Waals surface area contributed by atoms with E-state index in [-0.39, 0.29) is 11.3 Å². The maximum absolute atomic E-state index is 12.3. The minimum atomic E-state index is -4.46. The van der Waals surface area contributed by atoms with E-state index in [1.54, 1.807) is 6.07 Å². The van der Waals surface area contributed by atoms with E-state index in [4.69, 9.17) is 11.0 Å². The minimum Gasteiger partial charge on any atom is -0.398 e. The van der Waals surface area contributed by atoms with Crippen molar-refractivity contribution in [1.29, 1.82) is 5.26 Å². The maximum atomic E-state index is 12.3. The zero-order valence-corrected chi connectivity index (χ0v) is 7.31. The van der Waals surface area contributed by atoms with Gasteiger partial charge in [-0.05, 0) is 24.6 Å². The molecule has 5 heteroatoms. The summed E-state index contributed by atoms with van der Waals surface area (Å²) in [6, 6.07) is 3.30. The summed E-state index contributed by atoms with van der Waals surface area (Å²) in [6.07, 6.45) is -4.46. The molecule has 0 atom stereocenters. The highest BCUT2D eigenvalue weighted by molar-refractivity contribution is 5.57. The Balaban J connectivity index is 3.40. The Morgan fingerprint density at radius 1 is 1.36 bits per heavy atom. The number of nitrogen functional groups attached to an aromatic ring is 1. The second kappa shape index (κ2) is 3.22. The third-order valence-corrected chi connectivity index (χ3v) is 1.90. The van der Waals surface area contributed by atoms with E-state index < -0.39 is 11.7 Å². The van der Waals surface area contributed by atoms with Gasteiger partial charge in [0.1, 0.15) is 0 Å². The van der Waals surface area contributed by atoms with Crippen LogP contribution >= 0.6 is 0 Å². The number of alkyl halides is 3. The van der Waals surface area contributed by atoms with Gasteiger partial charge >= 0.3 is 6.18 Å². The number of nitrogens with zero attached hydrogens (tertiary/aromatic N) is 1. The van der Waals surface area contributed by atoms with Crippen LogP contribution in [0.1, 0.15) is 16.7 Å². The third kappa shape index (κ3) is 1.79. The second-order valence-electron chi connectivity index (χ2n) is 2.85. The molecular formula is C9H7F3N2. The molecule has 0 unspecified atom stereocenters. The van der Waals surface area contributed by atoms with Gasteiger partial charge in [0, 0.05) is 5.69 Å². The Morgan fingerprint density at radius 3 is 2.36 bits per heavy atom. The fraction of sp³-hybridized carbons (Fsp3) is 0.222. The quantitative estimate of drug-likeness (QED) is 0.654. The van der Waals surface area contributed by atoms with Crippen LogP contribution in [0.4, 0.5) is 18.9 Å². The normalized spacial score (nSPS) is 11.1. The number of halogens is 3. The van der Waals surface area contributed by atoms with E-state index in [0.29, 0.717) is 5.56 Å². The summed E-state index contributed by atoms with van der Waals surface area (Å²) in [5, 5.41) is 8.56. The predicted octanol–water partition coefficient (Wildman–Crippen LogP) is 2.47. The summed E-state index contributed by atoms with van der Waals surface area (Å²) in [5.74, 6) is 0. The molecule has 0 heterocycles. The van der Waals surface area contributed by atoms with Gasteiger partial charge in [-0.2, -0.15) is 18.4 Å². The molecular weight excluding hydrogens is 193 g/mol. The molecule has 1 aromatic rings. The number of nitriles is 1. The van der Waals surface area contributed by atoms with Crippen molar-refractivity contribution in [2.75, 3.05) is 5.73 Å². The highest BCUT2D eigenvalue weighted by Crippen LogP contribution is 2.32. The van der Waals surface area contributed by atoms with E-state index >= 15 is 0 Å². The van der Waals surface area contributed by atoms with Crippen LogP contribution in [0.3, 0.4) is 0 Å². The molecule has 0 aliphatic carbocycles. The van der Waals surface area contributed by atoms with Gasteiger partial charge in [-0.1, -0.05) is 0 Å². The van der Waals surface area contributed by atoms with Crippen molar-refractivity contribution in [3.8, 4) is 6.07 Å². The molecule has 0 aliphatic rings. The first kappa shape index (κ1) is 10.4. The molecule has 0 spiro atoms. The van der Waals surface area contributed by atoms with Crippen LogP contribution in [-0.2, 0) is 6.18 Å². The minimum absolute atomic E-state index is 0.0172. The van der Waals surface area contributed by atoms with Gasteiger partial charge < -0.3 is 5.73 Å². The van der Waals surface area contributed by atoms with Crippen molar-refractivity contribution in [3.05, 3.63) is 28.8 Å². The maximum Gasteiger partial charge on any atom is 0.416 e. The lowest BCUT2D eigenvalue weighted by Gasteiger charge is -2.10. The number of hydrogen-bond donors (Lipinski definition) is 1. The smallest absolute Gasteiger partial charge is 0.398 e. The summed E-state index contributed by atoms with van der Waals surface area (Å²) >= 11 is 0. The van der Waals surface area contributed by atoms with Gasteiger partial charge in [0.2, 0.25) is 0 Å². The van der Waals surface area contributed by atoms with E-state index in [9.17, 15) is 13.2 Å². The zero-order chi connectivity index (χ0) is 10.9. The summed E-state index contributed by atoms with van der Waals surface area (Å²) < 4.78 is 36.8. The van der Waals surface area contributed by atoms with Crippen LogP contribution in [0.2, 0.25) is 0 Å². The van der Waals surface area contributed by atoms with Crippen LogP contribution in [0.25, 0.3) is 0 Å². The fourth-order valence-electron chi connectivity index (χ4n) is 1.02. The molecule has 0 saturated carbocycles. The Morgan fingerprint density at radius 2 is 1.93 bits per heavy atom. The van der Waals surface area contributed by atoms with Crippen LogP contribution in [0, 0.1) is 18.3 Å². The van der Waals surface area contributed by atoms with E-state index in [1.807, 2.05) is 0 Å².